The molecule has 5 heterocycles. The molecule has 3 aromatic heterocycles. The summed E-state index contributed by atoms with van der Waals surface area (Å²) in [5.74, 6) is 0.915. The first-order chi connectivity index (χ1) is 21.9. The van der Waals surface area contributed by atoms with Gasteiger partial charge in [-0.1, -0.05) is 18.2 Å². The molecule has 0 atom stereocenters. The van der Waals surface area contributed by atoms with Gasteiger partial charge in [0.05, 0.1) is 29.0 Å². The number of imide groups is 1. The molecule has 0 unspecified atom stereocenters. The normalized spacial score (nSPS) is 16.2. The third-order valence-electron chi connectivity index (χ3n) is 8.15. The van der Waals surface area contributed by atoms with E-state index in [-0.39, 0.29) is 30.6 Å². The number of nitrogen functional groups attached to an aromatic ring is 1. The number of ether oxygens (including phenoxy) is 1. The van der Waals surface area contributed by atoms with E-state index < -0.39 is 11.8 Å². The number of rotatable bonds is 7. The lowest BCUT2D eigenvalue weighted by atomic mass is 10.0. The fourth-order valence-electron chi connectivity index (χ4n) is 5.85. The molecule has 3 N–H and O–H groups in total. The van der Waals surface area contributed by atoms with Crippen LogP contribution in [0.2, 0.25) is 0 Å². The maximum Gasteiger partial charge on any atom is 0.328 e. The van der Waals surface area contributed by atoms with Gasteiger partial charge in [-0.25, -0.2) is 23.8 Å². The summed E-state index contributed by atoms with van der Waals surface area (Å²) in [5, 5.41) is 7.92. The predicted octanol–water partition coefficient (Wildman–Crippen LogP) is 4.69. The number of anilines is 2. The van der Waals surface area contributed by atoms with E-state index in [0.29, 0.717) is 40.5 Å². The third kappa shape index (κ3) is 5.77. The number of urea groups is 1. The summed E-state index contributed by atoms with van der Waals surface area (Å²) in [5.41, 5.74) is 9.24. The number of fused-ring (bicyclic) bond motifs is 1. The van der Waals surface area contributed by atoms with Crippen LogP contribution in [0.4, 0.5) is 20.7 Å². The number of pyridine rings is 1. The number of nitrogens with zero attached hydrogens (tertiary/aromatic N) is 7. The Hall–Kier alpha value is -5.43. The lowest BCUT2D eigenvalue weighted by Crippen LogP contribution is -2.50. The zero-order valence-corrected chi connectivity index (χ0v) is 24.3. The van der Waals surface area contributed by atoms with E-state index in [4.69, 9.17) is 15.6 Å². The molecule has 2 fully saturated rings. The fourth-order valence-corrected chi connectivity index (χ4v) is 5.85. The first-order valence-corrected chi connectivity index (χ1v) is 14.7. The van der Waals surface area contributed by atoms with Crippen LogP contribution in [0.1, 0.15) is 31.0 Å². The molecule has 13 heteroatoms. The Morgan fingerprint density at radius 1 is 0.956 bits per heavy atom. The number of carbonyl (C=O) groups is 2. The monoisotopic (exact) mass is 607 g/mol. The van der Waals surface area contributed by atoms with Crippen LogP contribution in [0.5, 0.6) is 11.5 Å². The van der Waals surface area contributed by atoms with Crippen molar-refractivity contribution in [2.75, 3.05) is 30.3 Å². The van der Waals surface area contributed by atoms with Crippen LogP contribution in [0.25, 0.3) is 22.3 Å². The number of para-hydroxylation sites is 1. The van der Waals surface area contributed by atoms with E-state index in [9.17, 15) is 14.0 Å². The second-order valence-corrected chi connectivity index (χ2v) is 11.1. The van der Waals surface area contributed by atoms with Gasteiger partial charge in [-0.2, -0.15) is 5.10 Å². The van der Waals surface area contributed by atoms with Crippen molar-refractivity contribution in [2.24, 2.45) is 0 Å². The number of likely N-dealkylation sites (tertiary alicyclic amines) is 1. The van der Waals surface area contributed by atoms with E-state index >= 15 is 0 Å². The molecule has 3 amide bonds. The fraction of sp³-hybridized carbons (Fsp3) is 0.250. The summed E-state index contributed by atoms with van der Waals surface area (Å²) >= 11 is 0. The van der Waals surface area contributed by atoms with Crippen molar-refractivity contribution in [1.82, 2.24) is 34.9 Å². The number of nitrogens with one attached hydrogen (secondary N) is 1. The number of benzene rings is 2. The van der Waals surface area contributed by atoms with Crippen LogP contribution in [0, 0.1) is 5.82 Å². The highest BCUT2D eigenvalue weighted by Crippen LogP contribution is 2.35. The van der Waals surface area contributed by atoms with Crippen molar-refractivity contribution in [3.8, 4) is 22.8 Å². The summed E-state index contributed by atoms with van der Waals surface area (Å²) in [6.07, 6.45) is 4.53. The Morgan fingerprint density at radius 2 is 1.71 bits per heavy atom. The first kappa shape index (κ1) is 28.3. The molecule has 0 saturated carbocycles. The second kappa shape index (κ2) is 11.9. The van der Waals surface area contributed by atoms with Crippen LogP contribution >= 0.6 is 0 Å². The number of hydrogen-bond donors (Lipinski definition) is 2. The maximum atomic E-state index is 15.0. The quantitative estimate of drug-likeness (QED) is 0.269. The van der Waals surface area contributed by atoms with E-state index in [1.807, 2.05) is 59.3 Å². The Labute approximate surface area is 257 Å². The highest BCUT2D eigenvalue weighted by Gasteiger charge is 2.28. The summed E-state index contributed by atoms with van der Waals surface area (Å²) in [4.78, 5) is 40.2. The minimum absolute atomic E-state index is 0.0587. The zero-order valence-electron chi connectivity index (χ0n) is 24.3. The van der Waals surface area contributed by atoms with Crippen LogP contribution < -0.4 is 20.7 Å². The number of hydrogen-bond acceptors (Lipinski definition) is 9. The number of nitrogens with two attached hydrogens (primary N) is 1. The Bertz CT molecular complexity index is 1870. The van der Waals surface area contributed by atoms with Gasteiger partial charge in [-0.3, -0.25) is 24.9 Å². The minimum atomic E-state index is -0.641. The molecular weight excluding hydrogens is 577 g/mol. The molecule has 0 radical (unpaired) electrons. The van der Waals surface area contributed by atoms with Gasteiger partial charge >= 0.3 is 6.03 Å². The van der Waals surface area contributed by atoms with Gasteiger partial charge in [-0.05, 0) is 55.3 Å². The van der Waals surface area contributed by atoms with Crippen molar-refractivity contribution in [3.05, 3.63) is 84.7 Å². The Kier molecular flexibility index (Phi) is 7.51. The predicted molar refractivity (Wildman–Crippen MR) is 165 cm³/mol. The molecular formula is C32H30FN9O3. The third-order valence-corrected chi connectivity index (χ3v) is 8.15. The molecule has 0 bridgehead atoms. The number of piperidine rings is 1. The van der Waals surface area contributed by atoms with Crippen molar-refractivity contribution in [1.29, 1.82) is 0 Å². The van der Waals surface area contributed by atoms with Crippen LogP contribution in [-0.4, -0.2) is 61.2 Å². The minimum Gasteiger partial charge on any atom is -0.457 e. The standard InChI is InChI=1S/C32H30FN9O3/c33-25-16-21(35-17-26(25)41-15-12-27(43)38-32(41)44)18-40-13-10-22(11-14-40)42-31-28(30(34)36-19-37-31)29(39-42)20-6-8-24(9-7-20)45-23-4-2-1-3-5-23/h1-9,16-17,19,22H,10-15,18H2,(H2,34,36,37)(H,38,43,44). The van der Waals surface area contributed by atoms with Gasteiger partial charge in [0.25, 0.3) is 0 Å². The summed E-state index contributed by atoms with van der Waals surface area (Å²) in [7, 11) is 0. The van der Waals surface area contributed by atoms with E-state index in [1.54, 1.807) is 0 Å². The lowest BCUT2D eigenvalue weighted by Gasteiger charge is -2.32. The van der Waals surface area contributed by atoms with Gasteiger partial charge in [0.2, 0.25) is 5.91 Å². The molecule has 228 valence electrons. The average Bonchev–Trinajstić information content (AvgIpc) is 3.44. The van der Waals surface area contributed by atoms with Gasteiger partial charge in [-0.15, -0.1) is 0 Å². The van der Waals surface area contributed by atoms with Crippen LogP contribution in [-0.2, 0) is 11.3 Å². The average molecular weight is 608 g/mol. The number of carbonyl (C=O) groups excluding carboxylic acids is 2. The van der Waals surface area contributed by atoms with E-state index in [1.165, 1.54) is 23.5 Å². The Balaban J connectivity index is 1.05. The number of halogens is 1. The van der Waals surface area contributed by atoms with E-state index in [0.717, 1.165) is 37.2 Å². The molecule has 45 heavy (non-hydrogen) atoms. The van der Waals surface area contributed by atoms with Gasteiger partial charge in [0.1, 0.15) is 35.2 Å². The molecule has 2 aromatic carbocycles. The van der Waals surface area contributed by atoms with Crippen molar-refractivity contribution < 1.29 is 18.7 Å². The van der Waals surface area contributed by atoms with Gasteiger partial charge < -0.3 is 10.5 Å². The second-order valence-electron chi connectivity index (χ2n) is 11.1. The van der Waals surface area contributed by atoms with Crippen molar-refractivity contribution >= 4 is 34.5 Å². The summed E-state index contributed by atoms with van der Waals surface area (Å²) < 4.78 is 22.9. The highest BCUT2D eigenvalue weighted by atomic mass is 19.1. The van der Waals surface area contributed by atoms with Gasteiger partial charge in [0, 0.05) is 38.2 Å². The molecule has 7 rings (SSSR count). The smallest absolute Gasteiger partial charge is 0.328 e. The number of amides is 3. The van der Waals surface area contributed by atoms with Gasteiger partial charge in [0.15, 0.2) is 5.65 Å². The number of aromatic nitrogens is 5. The molecule has 2 saturated heterocycles. The van der Waals surface area contributed by atoms with Crippen LogP contribution in [0.3, 0.4) is 0 Å². The molecule has 5 aromatic rings. The maximum absolute atomic E-state index is 15.0. The molecule has 12 nitrogen and oxygen atoms in total. The van der Waals surface area contributed by atoms with Crippen molar-refractivity contribution in [3.63, 3.8) is 0 Å². The SMILES string of the molecule is Nc1ncnc2c1c(-c1ccc(Oc3ccccc3)cc1)nn2C1CCN(Cc2cc(F)c(N3CCC(=O)NC3=O)cn2)CC1. The zero-order chi connectivity index (χ0) is 30.9. The molecule has 0 aliphatic carbocycles. The summed E-state index contributed by atoms with van der Waals surface area (Å²) in [6.45, 7) is 2.07. The molecule has 2 aliphatic heterocycles. The van der Waals surface area contributed by atoms with Crippen molar-refractivity contribution in [2.45, 2.75) is 31.8 Å². The van der Waals surface area contributed by atoms with Crippen LogP contribution in [0.15, 0.2) is 73.2 Å². The summed E-state index contributed by atoms with van der Waals surface area (Å²) in [6, 6.07) is 18.1. The Morgan fingerprint density at radius 3 is 2.44 bits per heavy atom. The molecule has 0 spiro atoms. The van der Waals surface area contributed by atoms with E-state index in [2.05, 4.69) is 25.2 Å². The topological polar surface area (TPSA) is 144 Å². The highest BCUT2D eigenvalue weighted by molar-refractivity contribution is 6.05. The first-order valence-electron chi connectivity index (χ1n) is 14.7. The lowest BCUT2D eigenvalue weighted by molar-refractivity contribution is -0.120. The molecule has 2 aliphatic rings. The largest absolute Gasteiger partial charge is 0.457 e.